The van der Waals surface area contributed by atoms with Gasteiger partial charge >= 0.3 is 0 Å². The molecule has 1 aliphatic carbocycles. The number of ether oxygens (including phenoxy) is 1. The SMILES string of the molecule is COc1ccc(C)cc1C(O)C(NC1CC1)C(C)C. The molecule has 2 unspecified atom stereocenters. The Morgan fingerprint density at radius 3 is 2.53 bits per heavy atom. The van der Waals surface area contributed by atoms with Gasteiger partial charge in [-0.2, -0.15) is 0 Å². The van der Waals surface area contributed by atoms with Gasteiger partial charge in [-0.1, -0.05) is 25.5 Å². The van der Waals surface area contributed by atoms with Crippen molar-refractivity contribution >= 4 is 0 Å². The molecule has 0 heterocycles. The van der Waals surface area contributed by atoms with Crippen molar-refractivity contribution < 1.29 is 9.84 Å². The van der Waals surface area contributed by atoms with Crippen molar-refractivity contribution in [1.29, 1.82) is 0 Å². The number of aliphatic hydroxyl groups excluding tert-OH is 1. The van der Waals surface area contributed by atoms with Crippen LogP contribution >= 0.6 is 0 Å². The van der Waals surface area contributed by atoms with Gasteiger partial charge < -0.3 is 15.2 Å². The van der Waals surface area contributed by atoms with Crippen molar-refractivity contribution in [3.8, 4) is 5.75 Å². The molecule has 1 aromatic rings. The highest BCUT2D eigenvalue weighted by Crippen LogP contribution is 2.32. The van der Waals surface area contributed by atoms with Crippen molar-refractivity contribution in [2.24, 2.45) is 5.92 Å². The number of nitrogens with one attached hydrogen (secondary N) is 1. The minimum absolute atomic E-state index is 0.0724. The third-order valence-electron chi connectivity index (χ3n) is 3.77. The second-order valence-corrected chi connectivity index (χ2v) is 5.90. The van der Waals surface area contributed by atoms with Gasteiger partial charge in [-0.3, -0.25) is 0 Å². The van der Waals surface area contributed by atoms with E-state index in [9.17, 15) is 5.11 Å². The van der Waals surface area contributed by atoms with Gasteiger partial charge in [0.2, 0.25) is 0 Å². The minimum Gasteiger partial charge on any atom is -0.496 e. The molecule has 2 N–H and O–H groups in total. The van der Waals surface area contributed by atoms with Gasteiger partial charge in [0.25, 0.3) is 0 Å². The van der Waals surface area contributed by atoms with Crippen LogP contribution in [0, 0.1) is 12.8 Å². The van der Waals surface area contributed by atoms with Crippen LogP contribution in [0.15, 0.2) is 18.2 Å². The fraction of sp³-hybridized carbons (Fsp3) is 0.625. The van der Waals surface area contributed by atoms with E-state index in [0.717, 1.165) is 16.9 Å². The highest BCUT2D eigenvalue weighted by atomic mass is 16.5. The van der Waals surface area contributed by atoms with Crippen molar-refractivity contribution in [2.75, 3.05) is 7.11 Å². The molecule has 0 bridgehead atoms. The summed E-state index contributed by atoms with van der Waals surface area (Å²) in [5.74, 6) is 1.14. The minimum atomic E-state index is -0.532. The van der Waals surface area contributed by atoms with Crippen LogP contribution < -0.4 is 10.1 Å². The van der Waals surface area contributed by atoms with Gasteiger partial charge in [-0.25, -0.2) is 0 Å². The molecule has 0 aliphatic heterocycles. The first-order valence-corrected chi connectivity index (χ1v) is 7.11. The van der Waals surface area contributed by atoms with Crippen molar-refractivity contribution in [1.82, 2.24) is 5.32 Å². The molecule has 2 rings (SSSR count). The fourth-order valence-electron chi connectivity index (χ4n) is 2.45. The van der Waals surface area contributed by atoms with Crippen molar-refractivity contribution in [3.05, 3.63) is 29.3 Å². The lowest BCUT2D eigenvalue weighted by Crippen LogP contribution is -2.40. The molecule has 3 heteroatoms. The van der Waals surface area contributed by atoms with Crippen LogP contribution in [0.1, 0.15) is 43.9 Å². The third kappa shape index (κ3) is 3.48. The van der Waals surface area contributed by atoms with E-state index in [1.54, 1.807) is 7.11 Å². The van der Waals surface area contributed by atoms with E-state index < -0.39 is 6.10 Å². The molecular formula is C16H25NO2. The average molecular weight is 263 g/mol. The molecule has 1 saturated carbocycles. The molecule has 106 valence electrons. The normalized spacial score (nSPS) is 18.4. The van der Waals surface area contributed by atoms with Gasteiger partial charge in [-0.05, 0) is 37.8 Å². The first kappa shape index (κ1) is 14.4. The average Bonchev–Trinajstić information content (AvgIpc) is 3.18. The first-order chi connectivity index (χ1) is 9.02. The molecule has 0 saturated heterocycles. The molecule has 0 aromatic heterocycles. The summed E-state index contributed by atoms with van der Waals surface area (Å²) in [6, 6.07) is 6.62. The summed E-state index contributed by atoms with van der Waals surface area (Å²) < 4.78 is 5.38. The number of hydrogen-bond donors (Lipinski definition) is 2. The third-order valence-corrected chi connectivity index (χ3v) is 3.77. The predicted octanol–water partition coefficient (Wildman–Crippen LogP) is 2.81. The molecule has 1 fully saturated rings. The van der Waals surface area contributed by atoms with Gasteiger partial charge in [0, 0.05) is 17.6 Å². The largest absolute Gasteiger partial charge is 0.496 e. The molecule has 1 aromatic carbocycles. The predicted molar refractivity (Wildman–Crippen MR) is 77.5 cm³/mol. The lowest BCUT2D eigenvalue weighted by Gasteiger charge is -2.29. The Bertz CT molecular complexity index is 427. The Labute approximate surface area is 116 Å². The molecule has 2 atom stereocenters. The number of hydrogen-bond acceptors (Lipinski definition) is 3. The van der Waals surface area contributed by atoms with E-state index in [2.05, 4.69) is 19.2 Å². The Kier molecular flexibility index (Phi) is 4.48. The zero-order valence-electron chi connectivity index (χ0n) is 12.3. The summed E-state index contributed by atoms with van der Waals surface area (Å²) in [7, 11) is 1.65. The van der Waals surface area contributed by atoms with Crippen molar-refractivity contribution in [2.45, 2.75) is 51.8 Å². The summed E-state index contributed by atoms with van der Waals surface area (Å²) in [5, 5.41) is 14.3. The highest BCUT2D eigenvalue weighted by Gasteiger charge is 2.32. The van der Waals surface area contributed by atoms with Crippen LogP contribution in [-0.4, -0.2) is 24.3 Å². The van der Waals surface area contributed by atoms with E-state index in [1.807, 2.05) is 25.1 Å². The van der Waals surface area contributed by atoms with Crippen LogP contribution in [0.3, 0.4) is 0 Å². The molecule has 0 radical (unpaired) electrons. The molecular weight excluding hydrogens is 238 g/mol. The Balaban J connectivity index is 2.23. The number of benzene rings is 1. The summed E-state index contributed by atoms with van der Waals surface area (Å²) in [5.41, 5.74) is 2.03. The molecule has 19 heavy (non-hydrogen) atoms. The van der Waals surface area contributed by atoms with Crippen molar-refractivity contribution in [3.63, 3.8) is 0 Å². The Morgan fingerprint density at radius 2 is 2.00 bits per heavy atom. The van der Waals surface area contributed by atoms with Gasteiger partial charge in [0.1, 0.15) is 5.75 Å². The summed E-state index contributed by atoms with van der Waals surface area (Å²) in [6.07, 6.45) is 1.91. The summed E-state index contributed by atoms with van der Waals surface area (Å²) in [4.78, 5) is 0. The topological polar surface area (TPSA) is 41.5 Å². The number of aliphatic hydroxyl groups is 1. The monoisotopic (exact) mass is 263 g/mol. The van der Waals surface area contributed by atoms with Crippen LogP contribution in [-0.2, 0) is 0 Å². The molecule has 1 aliphatic rings. The molecule has 0 amide bonds. The maximum absolute atomic E-state index is 10.7. The summed E-state index contributed by atoms with van der Waals surface area (Å²) in [6.45, 7) is 6.32. The zero-order valence-corrected chi connectivity index (χ0v) is 12.3. The molecule has 3 nitrogen and oxygen atoms in total. The highest BCUT2D eigenvalue weighted by molar-refractivity contribution is 5.39. The smallest absolute Gasteiger partial charge is 0.124 e. The number of aryl methyl sites for hydroxylation is 1. The van der Waals surface area contributed by atoms with Crippen LogP contribution in [0.5, 0.6) is 5.75 Å². The van der Waals surface area contributed by atoms with E-state index in [1.165, 1.54) is 12.8 Å². The summed E-state index contributed by atoms with van der Waals surface area (Å²) >= 11 is 0. The van der Waals surface area contributed by atoms with E-state index in [0.29, 0.717) is 12.0 Å². The molecule has 0 spiro atoms. The maximum atomic E-state index is 10.7. The first-order valence-electron chi connectivity index (χ1n) is 7.11. The lowest BCUT2D eigenvalue weighted by atomic mass is 9.92. The second-order valence-electron chi connectivity index (χ2n) is 5.90. The van der Waals surface area contributed by atoms with Gasteiger partial charge in [0.05, 0.1) is 13.2 Å². The standard InChI is InChI=1S/C16H25NO2/c1-10(2)15(17-12-6-7-12)16(18)13-9-11(3)5-8-14(13)19-4/h5,8-10,12,15-18H,6-7H2,1-4H3. The van der Waals surface area contributed by atoms with Crippen LogP contribution in [0.2, 0.25) is 0 Å². The Morgan fingerprint density at radius 1 is 1.32 bits per heavy atom. The van der Waals surface area contributed by atoms with Crippen LogP contribution in [0.25, 0.3) is 0 Å². The van der Waals surface area contributed by atoms with E-state index in [-0.39, 0.29) is 6.04 Å². The second kappa shape index (κ2) is 5.93. The van der Waals surface area contributed by atoms with E-state index >= 15 is 0 Å². The zero-order chi connectivity index (χ0) is 14.0. The van der Waals surface area contributed by atoms with E-state index in [4.69, 9.17) is 4.74 Å². The van der Waals surface area contributed by atoms with Gasteiger partial charge in [0.15, 0.2) is 0 Å². The number of rotatable bonds is 6. The van der Waals surface area contributed by atoms with Crippen LogP contribution in [0.4, 0.5) is 0 Å². The maximum Gasteiger partial charge on any atom is 0.124 e. The lowest BCUT2D eigenvalue weighted by molar-refractivity contribution is 0.101. The van der Waals surface area contributed by atoms with Gasteiger partial charge in [-0.15, -0.1) is 0 Å². The Hall–Kier alpha value is -1.06. The fourth-order valence-corrected chi connectivity index (χ4v) is 2.45. The quantitative estimate of drug-likeness (QED) is 0.829. The number of methoxy groups -OCH3 is 1.